The molecule has 17 heavy (non-hydrogen) atoms. The molecule has 1 aromatic rings. The van der Waals surface area contributed by atoms with Crippen molar-refractivity contribution in [2.45, 2.75) is 57.5 Å². The lowest BCUT2D eigenvalue weighted by molar-refractivity contribution is 0.399. The summed E-state index contributed by atoms with van der Waals surface area (Å²) in [4.78, 5) is 0. The molecule has 0 heterocycles. The van der Waals surface area contributed by atoms with Gasteiger partial charge in [-0.25, -0.2) is 0 Å². The van der Waals surface area contributed by atoms with E-state index in [0.717, 1.165) is 5.56 Å². The molecule has 1 aliphatic rings. The number of benzene rings is 1. The number of hydrogen-bond acceptors (Lipinski definition) is 2. The number of hydrogen-bond donors (Lipinski definition) is 2. The van der Waals surface area contributed by atoms with Crippen molar-refractivity contribution < 1.29 is 5.11 Å². The summed E-state index contributed by atoms with van der Waals surface area (Å²) < 4.78 is 0. The summed E-state index contributed by atoms with van der Waals surface area (Å²) in [5.74, 6) is 0.404. The smallest absolute Gasteiger partial charge is 0.120 e. The van der Waals surface area contributed by atoms with Gasteiger partial charge in [0.15, 0.2) is 0 Å². The minimum absolute atomic E-state index is 0.235. The Kier molecular flexibility index (Phi) is 4.43. The fourth-order valence-corrected chi connectivity index (χ4v) is 2.74. The highest BCUT2D eigenvalue weighted by atomic mass is 16.3. The van der Waals surface area contributed by atoms with Crippen LogP contribution >= 0.6 is 0 Å². The predicted molar refractivity (Wildman–Crippen MR) is 71.1 cm³/mol. The first-order valence-corrected chi connectivity index (χ1v) is 6.81. The van der Waals surface area contributed by atoms with E-state index in [4.69, 9.17) is 0 Å². The Balaban J connectivity index is 1.96. The third-order valence-corrected chi connectivity index (χ3v) is 3.74. The van der Waals surface area contributed by atoms with E-state index in [1.165, 1.54) is 38.5 Å². The van der Waals surface area contributed by atoms with Crippen molar-refractivity contribution in [1.29, 1.82) is 0 Å². The van der Waals surface area contributed by atoms with Gasteiger partial charge < -0.3 is 10.4 Å². The van der Waals surface area contributed by atoms with Crippen LogP contribution in [0.4, 0.5) is 0 Å². The van der Waals surface area contributed by atoms with Gasteiger partial charge in [0.05, 0.1) is 0 Å². The average Bonchev–Trinajstić information content (AvgIpc) is 2.58. The van der Waals surface area contributed by atoms with Gasteiger partial charge in [-0.05, 0) is 25.8 Å². The molecule has 0 spiro atoms. The van der Waals surface area contributed by atoms with Crippen LogP contribution in [-0.2, 0) is 0 Å². The molecule has 0 aromatic heterocycles. The molecule has 2 heteroatoms. The van der Waals surface area contributed by atoms with Gasteiger partial charge in [-0.2, -0.15) is 0 Å². The third kappa shape index (κ3) is 3.47. The molecule has 1 aromatic carbocycles. The van der Waals surface area contributed by atoms with Crippen LogP contribution in [0.1, 0.15) is 57.1 Å². The van der Waals surface area contributed by atoms with E-state index < -0.39 is 0 Å². The largest absolute Gasteiger partial charge is 0.508 e. The normalized spacial score (nSPS) is 19.8. The Morgan fingerprint density at radius 1 is 1.12 bits per heavy atom. The second kappa shape index (κ2) is 6.06. The van der Waals surface area contributed by atoms with Gasteiger partial charge in [0, 0.05) is 17.6 Å². The van der Waals surface area contributed by atoms with Crippen molar-refractivity contribution in [3.63, 3.8) is 0 Å². The maximum atomic E-state index is 9.83. The van der Waals surface area contributed by atoms with Crippen LogP contribution in [0.5, 0.6) is 5.75 Å². The molecule has 0 radical (unpaired) electrons. The van der Waals surface area contributed by atoms with E-state index in [1.54, 1.807) is 6.07 Å². The molecule has 0 saturated heterocycles. The maximum absolute atomic E-state index is 9.83. The molecular weight excluding hydrogens is 210 g/mol. The summed E-state index contributed by atoms with van der Waals surface area (Å²) in [7, 11) is 0. The van der Waals surface area contributed by atoms with Crippen LogP contribution in [0, 0.1) is 0 Å². The average molecular weight is 233 g/mol. The zero-order chi connectivity index (χ0) is 12.1. The second-order valence-electron chi connectivity index (χ2n) is 5.14. The predicted octanol–water partition coefficient (Wildman–Crippen LogP) is 3.77. The molecule has 1 unspecified atom stereocenters. The van der Waals surface area contributed by atoms with Crippen molar-refractivity contribution >= 4 is 0 Å². The summed E-state index contributed by atoms with van der Waals surface area (Å²) in [5.41, 5.74) is 1.01. The Morgan fingerprint density at radius 2 is 1.76 bits per heavy atom. The highest BCUT2D eigenvalue weighted by molar-refractivity contribution is 5.34. The molecule has 0 aliphatic heterocycles. The number of phenols is 1. The number of rotatable bonds is 3. The highest BCUT2D eigenvalue weighted by Gasteiger charge is 2.16. The Labute approximate surface area is 104 Å². The summed E-state index contributed by atoms with van der Waals surface area (Å²) >= 11 is 0. The van der Waals surface area contributed by atoms with E-state index in [9.17, 15) is 5.11 Å². The van der Waals surface area contributed by atoms with Gasteiger partial charge >= 0.3 is 0 Å². The van der Waals surface area contributed by atoms with E-state index in [-0.39, 0.29) is 6.04 Å². The molecular formula is C15H23NO. The van der Waals surface area contributed by atoms with Crippen molar-refractivity contribution in [3.8, 4) is 5.75 Å². The molecule has 2 rings (SSSR count). The van der Waals surface area contributed by atoms with Crippen molar-refractivity contribution in [1.82, 2.24) is 5.32 Å². The summed E-state index contributed by atoms with van der Waals surface area (Å²) in [6.45, 7) is 2.14. The molecule has 2 nitrogen and oxygen atoms in total. The topological polar surface area (TPSA) is 32.3 Å². The third-order valence-electron chi connectivity index (χ3n) is 3.74. The summed E-state index contributed by atoms with van der Waals surface area (Å²) in [6.07, 6.45) is 7.98. The van der Waals surface area contributed by atoms with Crippen LogP contribution in [0.2, 0.25) is 0 Å². The molecule has 1 aliphatic carbocycles. The van der Waals surface area contributed by atoms with E-state index in [0.29, 0.717) is 11.8 Å². The number of phenolic OH excluding ortho intramolecular Hbond substituents is 1. The van der Waals surface area contributed by atoms with Crippen molar-refractivity contribution in [2.75, 3.05) is 0 Å². The zero-order valence-corrected chi connectivity index (χ0v) is 10.7. The van der Waals surface area contributed by atoms with Gasteiger partial charge in [0.25, 0.3) is 0 Å². The Bertz CT molecular complexity index is 343. The van der Waals surface area contributed by atoms with E-state index in [2.05, 4.69) is 12.2 Å². The van der Waals surface area contributed by atoms with Crippen LogP contribution in [0.15, 0.2) is 24.3 Å². The first kappa shape index (κ1) is 12.4. The van der Waals surface area contributed by atoms with E-state index in [1.807, 2.05) is 18.2 Å². The number of aromatic hydroxyl groups is 1. The lowest BCUT2D eigenvalue weighted by Gasteiger charge is -2.22. The highest BCUT2D eigenvalue weighted by Crippen LogP contribution is 2.25. The number of para-hydroxylation sites is 1. The molecule has 94 valence electrons. The zero-order valence-electron chi connectivity index (χ0n) is 10.7. The van der Waals surface area contributed by atoms with Crippen LogP contribution in [0.25, 0.3) is 0 Å². The minimum Gasteiger partial charge on any atom is -0.508 e. The quantitative estimate of drug-likeness (QED) is 0.779. The van der Waals surface area contributed by atoms with Gasteiger partial charge in [-0.3, -0.25) is 0 Å². The van der Waals surface area contributed by atoms with Crippen molar-refractivity contribution in [2.24, 2.45) is 0 Å². The summed E-state index contributed by atoms with van der Waals surface area (Å²) in [5, 5.41) is 13.5. The molecule has 1 saturated carbocycles. The Hall–Kier alpha value is -1.02. The minimum atomic E-state index is 0.235. The molecule has 0 bridgehead atoms. The Morgan fingerprint density at radius 3 is 2.41 bits per heavy atom. The van der Waals surface area contributed by atoms with E-state index >= 15 is 0 Å². The fourth-order valence-electron chi connectivity index (χ4n) is 2.74. The van der Waals surface area contributed by atoms with Gasteiger partial charge in [-0.15, -0.1) is 0 Å². The van der Waals surface area contributed by atoms with Gasteiger partial charge in [0.2, 0.25) is 0 Å². The van der Waals surface area contributed by atoms with Gasteiger partial charge in [0.1, 0.15) is 5.75 Å². The monoisotopic (exact) mass is 233 g/mol. The second-order valence-corrected chi connectivity index (χ2v) is 5.14. The van der Waals surface area contributed by atoms with Crippen molar-refractivity contribution in [3.05, 3.63) is 29.8 Å². The first-order valence-electron chi connectivity index (χ1n) is 6.81. The lowest BCUT2D eigenvalue weighted by atomic mass is 10.0. The molecule has 2 N–H and O–H groups in total. The standard InChI is InChI=1S/C15H23NO/c1-12(14-10-6-7-11-15(14)17)16-13-8-4-2-3-5-9-13/h6-7,10-13,16-17H,2-5,8-9H2,1H3. The first-order chi connectivity index (χ1) is 8.27. The van der Waals surface area contributed by atoms with Gasteiger partial charge in [-0.1, -0.05) is 43.9 Å². The fraction of sp³-hybridized carbons (Fsp3) is 0.600. The number of nitrogens with one attached hydrogen (secondary N) is 1. The maximum Gasteiger partial charge on any atom is 0.120 e. The lowest BCUT2D eigenvalue weighted by Crippen LogP contribution is -2.31. The summed E-state index contributed by atoms with van der Waals surface area (Å²) in [6, 6.07) is 8.48. The SMILES string of the molecule is CC(NC1CCCCCC1)c1ccccc1O. The van der Waals surface area contributed by atoms with Crippen LogP contribution in [0.3, 0.4) is 0 Å². The molecule has 1 fully saturated rings. The van der Waals surface area contributed by atoms with Crippen LogP contribution in [-0.4, -0.2) is 11.1 Å². The molecule has 0 amide bonds. The van der Waals surface area contributed by atoms with Crippen LogP contribution < -0.4 is 5.32 Å². The molecule has 1 atom stereocenters.